The van der Waals surface area contributed by atoms with Crippen molar-refractivity contribution < 1.29 is 14.3 Å². The van der Waals surface area contributed by atoms with E-state index in [2.05, 4.69) is 25.1 Å². The van der Waals surface area contributed by atoms with Crippen molar-refractivity contribution in [1.82, 2.24) is 9.80 Å². The number of aryl methyl sites for hydroxylation is 2. The van der Waals surface area contributed by atoms with E-state index in [0.29, 0.717) is 32.6 Å². The molecule has 0 unspecified atom stereocenters. The van der Waals surface area contributed by atoms with Gasteiger partial charge in [0.15, 0.2) is 0 Å². The van der Waals surface area contributed by atoms with Gasteiger partial charge in [0.05, 0.1) is 7.11 Å². The van der Waals surface area contributed by atoms with Crippen LogP contribution in [0.2, 0.25) is 0 Å². The Bertz CT molecular complexity index is 530. The van der Waals surface area contributed by atoms with E-state index in [1.165, 1.54) is 18.2 Å². The number of amides is 2. The maximum Gasteiger partial charge on any atom is 0.409 e. The van der Waals surface area contributed by atoms with E-state index in [0.717, 1.165) is 12.8 Å². The molecule has 5 heteroatoms. The van der Waals surface area contributed by atoms with Crippen molar-refractivity contribution in [3.05, 3.63) is 35.4 Å². The minimum atomic E-state index is -0.311. The standard InChI is InChI=1S/C17H24N2O3/c1-14-5-3-6-15(13-14)7-8-16(20)18-9-4-10-19(12-11-18)17(21)22-2/h3,5-6,13H,4,7-12H2,1-2H3. The number of carbonyl (C=O) groups is 2. The summed E-state index contributed by atoms with van der Waals surface area (Å²) >= 11 is 0. The van der Waals surface area contributed by atoms with Gasteiger partial charge in [-0.1, -0.05) is 29.8 Å². The highest BCUT2D eigenvalue weighted by Gasteiger charge is 2.21. The van der Waals surface area contributed by atoms with Crippen molar-refractivity contribution in [3.63, 3.8) is 0 Å². The van der Waals surface area contributed by atoms with Gasteiger partial charge in [0, 0.05) is 32.6 Å². The molecule has 5 nitrogen and oxygen atoms in total. The van der Waals surface area contributed by atoms with Crippen LogP contribution >= 0.6 is 0 Å². The van der Waals surface area contributed by atoms with Crippen LogP contribution < -0.4 is 0 Å². The molecule has 0 atom stereocenters. The molecule has 0 aromatic heterocycles. The second-order valence-corrected chi connectivity index (χ2v) is 5.68. The number of hydrogen-bond donors (Lipinski definition) is 0. The predicted molar refractivity (Wildman–Crippen MR) is 84.7 cm³/mol. The van der Waals surface area contributed by atoms with E-state index in [4.69, 9.17) is 4.74 Å². The van der Waals surface area contributed by atoms with E-state index in [-0.39, 0.29) is 12.0 Å². The van der Waals surface area contributed by atoms with Crippen molar-refractivity contribution in [1.29, 1.82) is 0 Å². The van der Waals surface area contributed by atoms with Crippen LogP contribution in [-0.2, 0) is 16.0 Å². The van der Waals surface area contributed by atoms with Crippen LogP contribution in [0.5, 0.6) is 0 Å². The van der Waals surface area contributed by atoms with E-state index in [1.54, 1.807) is 4.90 Å². The molecule has 1 heterocycles. The summed E-state index contributed by atoms with van der Waals surface area (Å²) in [6, 6.07) is 8.26. The summed E-state index contributed by atoms with van der Waals surface area (Å²) in [6.45, 7) is 4.54. The first-order chi connectivity index (χ1) is 10.6. The summed E-state index contributed by atoms with van der Waals surface area (Å²) in [5.41, 5.74) is 2.41. The van der Waals surface area contributed by atoms with Crippen molar-refractivity contribution in [2.24, 2.45) is 0 Å². The summed E-state index contributed by atoms with van der Waals surface area (Å²) < 4.78 is 4.74. The highest BCUT2D eigenvalue weighted by Crippen LogP contribution is 2.10. The van der Waals surface area contributed by atoms with Crippen LogP contribution in [0, 0.1) is 6.92 Å². The number of carbonyl (C=O) groups excluding carboxylic acids is 2. The average molecular weight is 304 g/mol. The Morgan fingerprint density at radius 2 is 1.86 bits per heavy atom. The zero-order valence-electron chi connectivity index (χ0n) is 13.4. The molecule has 1 aliphatic rings. The molecule has 22 heavy (non-hydrogen) atoms. The Hall–Kier alpha value is -2.04. The first-order valence-electron chi connectivity index (χ1n) is 7.76. The van der Waals surface area contributed by atoms with E-state index in [1.807, 2.05) is 11.0 Å². The van der Waals surface area contributed by atoms with E-state index >= 15 is 0 Å². The predicted octanol–water partition coefficient (Wildman–Crippen LogP) is 2.23. The first-order valence-corrected chi connectivity index (χ1v) is 7.76. The molecular formula is C17H24N2O3. The Morgan fingerprint density at radius 3 is 2.59 bits per heavy atom. The number of methoxy groups -OCH3 is 1. The SMILES string of the molecule is COC(=O)N1CCCN(C(=O)CCc2cccc(C)c2)CC1. The molecule has 0 radical (unpaired) electrons. The highest BCUT2D eigenvalue weighted by molar-refractivity contribution is 5.76. The van der Waals surface area contributed by atoms with E-state index in [9.17, 15) is 9.59 Å². The maximum absolute atomic E-state index is 12.3. The van der Waals surface area contributed by atoms with Crippen molar-refractivity contribution >= 4 is 12.0 Å². The monoisotopic (exact) mass is 304 g/mol. The number of hydrogen-bond acceptors (Lipinski definition) is 3. The van der Waals surface area contributed by atoms with Gasteiger partial charge in [0.1, 0.15) is 0 Å². The second-order valence-electron chi connectivity index (χ2n) is 5.68. The van der Waals surface area contributed by atoms with Gasteiger partial charge in [0.25, 0.3) is 0 Å². The van der Waals surface area contributed by atoms with Gasteiger partial charge in [-0.05, 0) is 25.3 Å². The number of nitrogens with zero attached hydrogens (tertiary/aromatic N) is 2. The lowest BCUT2D eigenvalue weighted by atomic mass is 10.1. The molecule has 1 aromatic rings. The Kier molecular flexibility index (Phi) is 5.81. The summed E-state index contributed by atoms with van der Waals surface area (Å²) in [5.74, 6) is 0.160. The Morgan fingerprint density at radius 1 is 1.14 bits per heavy atom. The molecule has 2 rings (SSSR count). The fourth-order valence-corrected chi connectivity index (χ4v) is 2.76. The summed E-state index contributed by atoms with van der Waals surface area (Å²) in [4.78, 5) is 27.4. The molecule has 0 spiro atoms. The molecule has 0 bridgehead atoms. The number of ether oxygens (including phenoxy) is 1. The summed E-state index contributed by atoms with van der Waals surface area (Å²) in [5, 5.41) is 0. The van der Waals surface area contributed by atoms with Crippen molar-refractivity contribution in [2.45, 2.75) is 26.2 Å². The second kappa shape index (κ2) is 7.82. The van der Waals surface area contributed by atoms with Gasteiger partial charge in [-0.15, -0.1) is 0 Å². The third kappa shape index (κ3) is 4.48. The molecule has 1 aliphatic heterocycles. The first kappa shape index (κ1) is 16.3. The lowest BCUT2D eigenvalue weighted by Gasteiger charge is -2.21. The lowest BCUT2D eigenvalue weighted by molar-refractivity contribution is -0.131. The molecule has 120 valence electrons. The zero-order chi connectivity index (χ0) is 15.9. The Balaban J connectivity index is 1.84. The third-order valence-electron chi connectivity index (χ3n) is 3.99. The third-order valence-corrected chi connectivity index (χ3v) is 3.99. The smallest absolute Gasteiger partial charge is 0.409 e. The number of rotatable bonds is 3. The van der Waals surface area contributed by atoms with Gasteiger partial charge in [-0.25, -0.2) is 4.79 Å². The quantitative estimate of drug-likeness (QED) is 0.860. The molecule has 2 amide bonds. The summed E-state index contributed by atoms with van der Waals surface area (Å²) in [7, 11) is 1.39. The molecule has 0 saturated carbocycles. The van der Waals surface area contributed by atoms with Gasteiger partial charge >= 0.3 is 6.09 Å². The zero-order valence-corrected chi connectivity index (χ0v) is 13.4. The van der Waals surface area contributed by atoms with Crippen molar-refractivity contribution in [2.75, 3.05) is 33.3 Å². The van der Waals surface area contributed by atoms with Crippen LogP contribution in [0.1, 0.15) is 24.0 Å². The van der Waals surface area contributed by atoms with Gasteiger partial charge in [0.2, 0.25) is 5.91 Å². The topological polar surface area (TPSA) is 49.9 Å². The van der Waals surface area contributed by atoms with Crippen molar-refractivity contribution in [3.8, 4) is 0 Å². The van der Waals surface area contributed by atoms with Crippen LogP contribution in [0.3, 0.4) is 0 Å². The van der Waals surface area contributed by atoms with Crippen LogP contribution in [0.4, 0.5) is 4.79 Å². The average Bonchev–Trinajstić information content (AvgIpc) is 2.78. The van der Waals surface area contributed by atoms with Crippen LogP contribution in [0.25, 0.3) is 0 Å². The fraction of sp³-hybridized carbons (Fsp3) is 0.529. The summed E-state index contributed by atoms with van der Waals surface area (Å²) in [6.07, 6.45) is 1.76. The largest absolute Gasteiger partial charge is 0.453 e. The highest BCUT2D eigenvalue weighted by atomic mass is 16.5. The number of benzene rings is 1. The molecule has 1 fully saturated rings. The van der Waals surface area contributed by atoms with Crippen LogP contribution in [0.15, 0.2) is 24.3 Å². The van der Waals surface area contributed by atoms with E-state index < -0.39 is 0 Å². The van der Waals surface area contributed by atoms with Gasteiger partial charge in [-0.3, -0.25) is 4.79 Å². The molecular weight excluding hydrogens is 280 g/mol. The molecule has 1 aromatic carbocycles. The minimum absolute atomic E-state index is 0.160. The fourth-order valence-electron chi connectivity index (χ4n) is 2.76. The molecule has 0 N–H and O–H groups in total. The normalized spacial score (nSPS) is 15.4. The van der Waals surface area contributed by atoms with Crippen LogP contribution in [-0.4, -0.2) is 55.1 Å². The minimum Gasteiger partial charge on any atom is -0.453 e. The molecule has 1 saturated heterocycles. The maximum atomic E-state index is 12.3. The lowest BCUT2D eigenvalue weighted by Crippen LogP contribution is -2.37. The van der Waals surface area contributed by atoms with Gasteiger partial charge in [-0.2, -0.15) is 0 Å². The van der Waals surface area contributed by atoms with Gasteiger partial charge < -0.3 is 14.5 Å². The Labute approximate surface area is 131 Å². The molecule has 0 aliphatic carbocycles.